The maximum Gasteiger partial charge on any atom is 0.179 e. The quantitative estimate of drug-likeness (QED) is 0.753. The van der Waals surface area contributed by atoms with Crippen LogP contribution in [0.25, 0.3) is 0 Å². The van der Waals surface area contributed by atoms with Gasteiger partial charge >= 0.3 is 0 Å². The van der Waals surface area contributed by atoms with Crippen molar-refractivity contribution < 1.29 is 4.79 Å². The largest absolute Gasteiger partial charge is 0.310 e. The second-order valence-corrected chi connectivity index (χ2v) is 3.32. The lowest BCUT2D eigenvalue weighted by Crippen LogP contribution is -2.30. The molecule has 1 aromatic rings. The number of halogens is 1. The van der Waals surface area contributed by atoms with Gasteiger partial charge < -0.3 is 5.32 Å². The van der Waals surface area contributed by atoms with Gasteiger partial charge in [-0.1, -0.05) is 11.6 Å². The summed E-state index contributed by atoms with van der Waals surface area (Å²) in [5.74, 6) is 0.0826. The Labute approximate surface area is 82.9 Å². The van der Waals surface area contributed by atoms with Gasteiger partial charge in [0.25, 0.3) is 0 Å². The number of ketones is 1. The molecule has 0 saturated heterocycles. The summed E-state index contributed by atoms with van der Waals surface area (Å²) in [6.45, 7) is 1.83. The lowest BCUT2D eigenvalue weighted by molar-refractivity contribution is 0.0955. The molecule has 0 bridgehead atoms. The van der Waals surface area contributed by atoms with E-state index in [4.69, 9.17) is 11.6 Å². The summed E-state index contributed by atoms with van der Waals surface area (Å²) in [4.78, 5) is 11.6. The maximum atomic E-state index is 11.6. The molecule has 0 amide bonds. The first-order valence-corrected chi connectivity index (χ1v) is 4.50. The minimum absolute atomic E-state index is 0.0826. The van der Waals surface area contributed by atoms with Crippen molar-refractivity contribution in [3.05, 3.63) is 34.9 Å². The van der Waals surface area contributed by atoms with Crippen LogP contribution in [-0.2, 0) is 0 Å². The average molecular weight is 198 g/mol. The molecule has 0 unspecified atom stereocenters. The Morgan fingerprint density at radius 1 is 1.38 bits per heavy atom. The summed E-state index contributed by atoms with van der Waals surface area (Å²) in [7, 11) is 1.76. The van der Waals surface area contributed by atoms with Crippen molar-refractivity contribution in [3.8, 4) is 0 Å². The highest BCUT2D eigenvalue weighted by Gasteiger charge is 2.11. The molecule has 1 aromatic carbocycles. The van der Waals surface area contributed by atoms with Gasteiger partial charge in [0.15, 0.2) is 5.78 Å². The van der Waals surface area contributed by atoms with Crippen molar-refractivity contribution in [2.24, 2.45) is 0 Å². The van der Waals surface area contributed by atoms with Gasteiger partial charge in [0.05, 0.1) is 6.04 Å². The zero-order chi connectivity index (χ0) is 9.84. The van der Waals surface area contributed by atoms with Crippen LogP contribution in [0.3, 0.4) is 0 Å². The fourth-order valence-corrected chi connectivity index (χ4v) is 1.12. The van der Waals surface area contributed by atoms with Gasteiger partial charge in [-0.2, -0.15) is 0 Å². The number of carbonyl (C=O) groups excluding carboxylic acids is 1. The van der Waals surface area contributed by atoms with Crippen molar-refractivity contribution in [2.75, 3.05) is 7.05 Å². The Hall–Kier alpha value is -0.860. The van der Waals surface area contributed by atoms with E-state index in [0.29, 0.717) is 10.6 Å². The van der Waals surface area contributed by atoms with Crippen molar-refractivity contribution in [1.29, 1.82) is 0 Å². The minimum atomic E-state index is -0.152. The molecular weight excluding hydrogens is 186 g/mol. The summed E-state index contributed by atoms with van der Waals surface area (Å²) in [5, 5.41) is 3.54. The number of hydrogen-bond donors (Lipinski definition) is 1. The lowest BCUT2D eigenvalue weighted by Gasteiger charge is -2.08. The van der Waals surface area contributed by atoms with Crippen LogP contribution >= 0.6 is 11.6 Å². The standard InChI is InChI=1S/C10H12ClNO/c1-7(12-2)10(13)8-3-5-9(11)6-4-8/h3-7,12H,1-2H3/t7-/m1/s1. The Bertz CT molecular complexity index is 294. The van der Waals surface area contributed by atoms with Crippen molar-refractivity contribution in [3.63, 3.8) is 0 Å². The molecule has 0 spiro atoms. The number of likely N-dealkylation sites (N-methyl/N-ethyl adjacent to an activating group) is 1. The van der Waals surface area contributed by atoms with Gasteiger partial charge in [0.2, 0.25) is 0 Å². The van der Waals surface area contributed by atoms with E-state index in [2.05, 4.69) is 5.32 Å². The third-order valence-corrected chi connectivity index (χ3v) is 2.21. The van der Waals surface area contributed by atoms with E-state index in [1.54, 1.807) is 31.3 Å². The second kappa shape index (κ2) is 4.40. The zero-order valence-electron chi connectivity index (χ0n) is 7.67. The molecule has 1 rings (SSSR count). The average Bonchev–Trinajstić information content (AvgIpc) is 2.17. The van der Waals surface area contributed by atoms with Crippen LogP contribution in [0.4, 0.5) is 0 Å². The summed E-state index contributed by atoms with van der Waals surface area (Å²) < 4.78 is 0. The van der Waals surface area contributed by atoms with Crippen LogP contribution < -0.4 is 5.32 Å². The minimum Gasteiger partial charge on any atom is -0.310 e. The number of hydrogen-bond acceptors (Lipinski definition) is 2. The van der Waals surface area contributed by atoms with Crippen molar-refractivity contribution in [1.82, 2.24) is 5.32 Å². The predicted molar refractivity (Wildman–Crippen MR) is 54.3 cm³/mol. The number of benzene rings is 1. The smallest absolute Gasteiger partial charge is 0.179 e. The number of rotatable bonds is 3. The van der Waals surface area contributed by atoms with E-state index in [0.717, 1.165) is 0 Å². The van der Waals surface area contributed by atoms with Gasteiger partial charge in [-0.25, -0.2) is 0 Å². The summed E-state index contributed by atoms with van der Waals surface area (Å²) >= 11 is 5.70. The molecule has 0 aliphatic carbocycles. The number of carbonyl (C=O) groups is 1. The topological polar surface area (TPSA) is 29.1 Å². The molecule has 0 aromatic heterocycles. The highest BCUT2D eigenvalue weighted by Crippen LogP contribution is 2.10. The van der Waals surface area contributed by atoms with Gasteiger partial charge in [0, 0.05) is 10.6 Å². The molecule has 13 heavy (non-hydrogen) atoms. The summed E-state index contributed by atoms with van der Waals surface area (Å²) in [5.41, 5.74) is 0.686. The molecule has 3 heteroatoms. The number of Topliss-reactive ketones (excluding diaryl/α,β-unsaturated/α-hetero) is 1. The molecule has 0 aliphatic rings. The van der Waals surface area contributed by atoms with Crippen molar-refractivity contribution >= 4 is 17.4 Å². The van der Waals surface area contributed by atoms with Crippen molar-refractivity contribution in [2.45, 2.75) is 13.0 Å². The zero-order valence-corrected chi connectivity index (χ0v) is 8.43. The van der Waals surface area contributed by atoms with E-state index in [9.17, 15) is 4.79 Å². The monoisotopic (exact) mass is 197 g/mol. The molecule has 2 nitrogen and oxygen atoms in total. The summed E-state index contributed by atoms with van der Waals surface area (Å²) in [6, 6.07) is 6.76. The third-order valence-electron chi connectivity index (χ3n) is 1.96. The van der Waals surface area contributed by atoms with Crippen LogP contribution in [0.5, 0.6) is 0 Å². The van der Waals surface area contributed by atoms with E-state index in [1.807, 2.05) is 6.92 Å². The predicted octanol–water partition coefficient (Wildman–Crippen LogP) is 2.13. The van der Waals surface area contributed by atoms with Gasteiger partial charge in [-0.15, -0.1) is 0 Å². The highest BCUT2D eigenvalue weighted by molar-refractivity contribution is 6.30. The molecule has 0 saturated carbocycles. The van der Waals surface area contributed by atoms with E-state index in [-0.39, 0.29) is 11.8 Å². The fourth-order valence-electron chi connectivity index (χ4n) is 0.995. The first-order chi connectivity index (χ1) is 6.15. The van der Waals surface area contributed by atoms with Crippen LogP contribution in [0, 0.1) is 0 Å². The van der Waals surface area contributed by atoms with E-state index >= 15 is 0 Å². The Kier molecular flexibility index (Phi) is 3.46. The van der Waals surface area contributed by atoms with Crippen LogP contribution in [0.1, 0.15) is 17.3 Å². The van der Waals surface area contributed by atoms with Gasteiger partial charge in [-0.3, -0.25) is 4.79 Å². The Morgan fingerprint density at radius 3 is 2.38 bits per heavy atom. The Balaban J connectivity index is 2.83. The molecule has 0 heterocycles. The van der Waals surface area contributed by atoms with Crippen LogP contribution in [-0.4, -0.2) is 18.9 Å². The normalized spacial score (nSPS) is 12.5. The molecule has 0 radical (unpaired) electrons. The molecular formula is C10H12ClNO. The summed E-state index contributed by atoms with van der Waals surface area (Å²) in [6.07, 6.45) is 0. The molecule has 0 aliphatic heterocycles. The third kappa shape index (κ3) is 2.54. The fraction of sp³-hybridized carbons (Fsp3) is 0.300. The molecule has 1 atom stereocenters. The highest BCUT2D eigenvalue weighted by atomic mass is 35.5. The first kappa shape index (κ1) is 10.2. The lowest BCUT2D eigenvalue weighted by atomic mass is 10.1. The van der Waals surface area contributed by atoms with Gasteiger partial charge in [0.1, 0.15) is 0 Å². The first-order valence-electron chi connectivity index (χ1n) is 4.12. The molecule has 1 N–H and O–H groups in total. The maximum absolute atomic E-state index is 11.6. The van der Waals surface area contributed by atoms with E-state index < -0.39 is 0 Å². The molecule has 70 valence electrons. The SMILES string of the molecule is CN[C@H](C)C(=O)c1ccc(Cl)cc1. The number of nitrogens with one attached hydrogen (secondary N) is 1. The van der Waals surface area contributed by atoms with Crippen LogP contribution in [0.15, 0.2) is 24.3 Å². The van der Waals surface area contributed by atoms with Gasteiger partial charge in [-0.05, 0) is 38.2 Å². The Morgan fingerprint density at radius 2 is 1.92 bits per heavy atom. The molecule has 0 fully saturated rings. The second-order valence-electron chi connectivity index (χ2n) is 2.88. The van der Waals surface area contributed by atoms with E-state index in [1.165, 1.54) is 0 Å². The van der Waals surface area contributed by atoms with Crippen LogP contribution in [0.2, 0.25) is 5.02 Å².